The van der Waals surface area contributed by atoms with Gasteiger partial charge in [0.15, 0.2) is 0 Å². The average Bonchev–Trinajstić information content (AvgIpc) is 3.34. The third-order valence-corrected chi connectivity index (χ3v) is 6.99. The van der Waals surface area contributed by atoms with Gasteiger partial charge in [0.2, 0.25) is 5.91 Å². The highest BCUT2D eigenvalue weighted by atomic mass is 32.1. The number of urea groups is 1. The van der Waals surface area contributed by atoms with Gasteiger partial charge in [-0.3, -0.25) is 14.5 Å². The maximum atomic E-state index is 13.1. The predicted molar refractivity (Wildman–Crippen MR) is 111 cm³/mol. The molecule has 1 saturated carbocycles. The minimum absolute atomic E-state index is 0.229. The quantitative estimate of drug-likeness (QED) is 0.765. The molecular weight excluding hydrogens is 386 g/mol. The van der Waals surface area contributed by atoms with Crippen LogP contribution in [0.15, 0.2) is 47.8 Å². The second-order valence-electron chi connectivity index (χ2n) is 7.75. The predicted octanol–water partition coefficient (Wildman–Crippen LogP) is 3.55. The molecule has 1 atom stereocenters. The highest BCUT2D eigenvalue weighted by Gasteiger charge is 2.55. The zero-order valence-corrected chi connectivity index (χ0v) is 17.3. The highest BCUT2D eigenvalue weighted by Crippen LogP contribution is 2.39. The van der Waals surface area contributed by atoms with Gasteiger partial charge >= 0.3 is 6.03 Å². The summed E-state index contributed by atoms with van der Waals surface area (Å²) in [5, 5.41) is 4.98. The Bertz CT molecular complexity index is 891. The third-order valence-electron chi connectivity index (χ3n) is 6.05. The Kier molecular flexibility index (Phi) is 5.41. The number of carbonyl (C=O) groups excluding carboxylic acids is 3. The molecule has 1 aliphatic carbocycles. The molecular formula is C22H25N3O3S. The number of imide groups is 1. The van der Waals surface area contributed by atoms with E-state index >= 15 is 0 Å². The molecule has 2 aromatic rings. The van der Waals surface area contributed by atoms with Crippen molar-refractivity contribution in [3.8, 4) is 0 Å². The summed E-state index contributed by atoms with van der Waals surface area (Å²) in [7, 11) is 1.68. The van der Waals surface area contributed by atoms with E-state index in [-0.39, 0.29) is 30.4 Å². The lowest BCUT2D eigenvalue weighted by atomic mass is 9.81. The van der Waals surface area contributed by atoms with E-state index in [0.29, 0.717) is 12.8 Å². The zero-order chi connectivity index (χ0) is 20.4. The van der Waals surface area contributed by atoms with E-state index in [1.165, 1.54) is 0 Å². The molecule has 1 aromatic carbocycles. The second kappa shape index (κ2) is 7.99. The molecule has 29 heavy (non-hydrogen) atoms. The molecule has 1 aliphatic heterocycles. The zero-order valence-electron chi connectivity index (χ0n) is 16.5. The first-order valence-corrected chi connectivity index (χ1v) is 10.9. The molecule has 2 fully saturated rings. The van der Waals surface area contributed by atoms with Gasteiger partial charge in [0.05, 0.1) is 6.04 Å². The topological polar surface area (TPSA) is 69.7 Å². The van der Waals surface area contributed by atoms with E-state index in [0.717, 1.165) is 34.6 Å². The number of nitrogens with zero attached hydrogens (tertiary/aromatic N) is 2. The van der Waals surface area contributed by atoms with Crippen LogP contribution in [0.25, 0.3) is 0 Å². The van der Waals surface area contributed by atoms with Crippen molar-refractivity contribution < 1.29 is 14.4 Å². The smallest absolute Gasteiger partial charge is 0.327 e. The summed E-state index contributed by atoms with van der Waals surface area (Å²) in [5.41, 5.74) is 0.200. The number of benzene rings is 1. The molecule has 1 spiro atoms. The Morgan fingerprint density at radius 3 is 2.48 bits per heavy atom. The normalized spacial score (nSPS) is 19.6. The minimum Gasteiger partial charge on any atom is -0.343 e. The van der Waals surface area contributed by atoms with Crippen LogP contribution in [0.2, 0.25) is 0 Å². The van der Waals surface area contributed by atoms with Crippen LogP contribution in [-0.4, -0.2) is 46.8 Å². The van der Waals surface area contributed by atoms with Crippen LogP contribution >= 0.6 is 11.3 Å². The lowest BCUT2D eigenvalue weighted by Crippen LogP contribution is -2.49. The molecule has 6 nitrogen and oxygen atoms in total. The fraction of sp³-hybridized carbons (Fsp3) is 0.409. The Hall–Kier alpha value is -2.67. The van der Waals surface area contributed by atoms with Crippen LogP contribution in [0.1, 0.15) is 48.6 Å². The summed E-state index contributed by atoms with van der Waals surface area (Å²) in [6, 6.07) is 12.9. The lowest BCUT2D eigenvalue weighted by Gasteiger charge is -2.35. The van der Waals surface area contributed by atoms with Gasteiger partial charge in [0, 0.05) is 11.9 Å². The Morgan fingerprint density at radius 1 is 1.10 bits per heavy atom. The number of amides is 4. The van der Waals surface area contributed by atoms with Crippen LogP contribution in [-0.2, 0) is 9.59 Å². The Morgan fingerprint density at radius 2 is 1.83 bits per heavy atom. The third kappa shape index (κ3) is 3.55. The van der Waals surface area contributed by atoms with Gasteiger partial charge in [-0.2, -0.15) is 0 Å². The van der Waals surface area contributed by atoms with Crippen LogP contribution in [0.4, 0.5) is 4.79 Å². The van der Waals surface area contributed by atoms with E-state index in [2.05, 4.69) is 5.32 Å². The van der Waals surface area contributed by atoms with Crippen molar-refractivity contribution in [1.82, 2.24) is 15.1 Å². The maximum Gasteiger partial charge on any atom is 0.327 e. The van der Waals surface area contributed by atoms with Crippen LogP contribution < -0.4 is 5.32 Å². The number of hydrogen-bond donors (Lipinski definition) is 1. The molecule has 0 radical (unpaired) electrons. The van der Waals surface area contributed by atoms with E-state index < -0.39 is 5.54 Å². The van der Waals surface area contributed by atoms with Crippen molar-refractivity contribution in [2.45, 2.75) is 43.7 Å². The largest absolute Gasteiger partial charge is 0.343 e. The first-order valence-electron chi connectivity index (χ1n) is 10.0. The number of thiophene rings is 1. The van der Waals surface area contributed by atoms with Crippen molar-refractivity contribution in [3.63, 3.8) is 0 Å². The highest BCUT2D eigenvalue weighted by molar-refractivity contribution is 7.10. The van der Waals surface area contributed by atoms with Crippen molar-refractivity contribution in [2.24, 2.45) is 0 Å². The molecule has 1 unspecified atom stereocenters. The van der Waals surface area contributed by atoms with Crippen molar-refractivity contribution >= 4 is 29.2 Å². The van der Waals surface area contributed by atoms with Gasteiger partial charge in [-0.1, -0.05) is 55.7 Å². The van der Waals surface area contributed by atoms with Gasteiger partial charge in [-0.15, -0.1) is 11.3 Å². The first kappa shape index (κ1) is 19.6. The fourth-order valence-corrected chi connectivity index (χ4v) is 5.24. The van der Waals surface area contributed by atoms with Gasteiger partial charge in [0.25, 0.3) is 5.91 Å². The minimum atomic E-state index is -0.762. The average molecular weight is 412 g/mol. The van der Waals surface area contributed by atoms with E-state index in [9.17, 15) is 14.4 Å². The van der Waals surface area contributed by atoms with Gasteiger partial charge in [-0.25, -0.2) is 4.79 Å². The molecule has 7 heteroatoms. The number of rotatable bonds is 5. The summed E-state index contributed by atoms with van der Waals surface area (Å²) >= 11 is 1.56. The Labute approximate surface area is 174 Å². The summed E-state index contributed by atoms with van der Waals surface area (Å²) in [4.78, 5) is 42.4. The van der Waals surface area contributed by atoms with Crippen molar-refractivity contribution in [3.05, 3.63) is 58.3 Å². The second-order valence-corrected chi connectivity index (χ2v) is 8.73. The van der Waals surface area contributed by atoms with Gasteiger partial charge < -0.3 is 10.2 Å². The number of nitrogens with one attached hydrogen (secondary N) is 1. The molecule has 1 aromatic heterocycles. The number of hydrogen-bond acceptors (Lipinski definition) is 4. The first-order chi connectivity index (χ1) is 14.0. The number of likely N-dealkylation sites (N-methyl/N-ethyl adjacent to an activating group) is 1. The maximum absolute atomic E-state index is 13.1. The fourth-order valence-electron chi connectivity index (χ4n) is 4.44. The van der Waals surface area contributed by atoms with Crippen molar-refractivity contribution in [2.75, 3.05) is 13.6 Å². The molecule has 152 valence electrons. The standard InChI is InChI=1S/C22H25N3O3S/c1-24-21(28)25(20(27)22(24)12-6-3-7-13-22)15-18(26)23-19(17-11-8-14-29-17)16-9-4-2-5-10-16/h2,4-5,8-11,14,19H,3,6-7,12-13,15H2,1H3,(H,23,26). The molecule has 4 amide bonds. The van der Waals surface area contributed by atoms with Crippen LogP contribution in [0.3, 0.4) is 0 Å². The van der Waals surface area contributed by atoms with Crippen LogP contribution in [0.5, 0.6) is 0 Å². The van der Waals surface area contributed by atoms with E-state index in [1.54, 1.807) is 23.3 Å². The van der Waals surface area contributed by atoms with Crippen molar-refractivity contribution in [1.29, 1.82) is 0 Å². The summed E-state index contributed by atoms with van der Waals surface area (Å²) in [5.74, 6) is -0.567. The Balaban J connectivity index is 1.51. The van der Waals surface area contributed by atoms with Gasteiger partial charge in [-0.05, 0) is 29.9 Å². The molecule has 2 heterocycles. The monoisotopic (exact) mass is 411 g/mol. The summed E-state index contributed by atoms with van der Waals surface area (Å²) in [6.07, 6.45) is 4.29. The SMILES string of the molecule is CN1C(=O)N(CC(=O)NC(c2ccccc2)c2cccs2)C(=O)C12CCCCC2. The number of carbonyl (C=O) groups is 3. The molecule has 0 bridgehead atoms. The van der Waals surface area contributed by atoms with Crippen LogP contribution in [0, 0.1) is 0 Å². The molecule has 2 aliphatic rings. The molecule has 4 rings (SSSR count). The van der Waals surface area contributed by atoms with E-state index in [1.807, 2.05) is 47.8 Å². The molecule has 1 N–H and O–H groups in total. The summed E-state index contributed by atoms with van der Waals surface area (Å²) < 4.78 is 0. The summed E-state index contributed by atoms with van der Waals surface area (Å²) in [6.45, 7) is -0.252. The molecule has 1 saturated heterocycles. The lowest BCUT2D eigenvalue weighted by molar-refractivity contribution is -0.137. The van der Waals surface area contributed by atoms with Gasteiger partial charge in [0.1, 0.15) is 12.1 Å². The van der Waals surface area contributed by atoms with E-state index in [4.69, 9.17) is 0 Å².